The van der Waals surface area contributed by atoms with E-state index in [1.807, 2.05) is 42.5 Å². The van der Waals surface area contributed by atoms with Crippen molar-refractivity contribution in [3.63, 3.8) is 0 Å². The Morgan fingerprint density at radius 1 is 1.07 bits per heavy atom. The molecule has 0 bridgehead atoms. The second kappa shape index (κ2) is 7.39. The molecule has 0 aromatic heterocycles. The molecule has 1 heterocycles. The molecule has 1 atom stereocenters. The van der Waals surface area contributed by atoms with Crippen LogP contribution in [-0.4, -0.2) is 23.2 Å². The number of methoxy groups -OCH3 is 1. The van der Waals surface area contributed by atoms with Crippen molar-refractivity contribution in [3.8, 4) is 17.2 Å². The number of aromatic hydroxyl groups is 2. The number of benzene rings is 3. The van der Waals surface area contributed by atoms with Crippen LogP contribution in [0.3, 0.4) is 0 Å². The quantitative estimate of drug-likeness (QED) is 0.574. The van der Waals surface area contributed by atoms with E-state index in [1.165, 1.54) is 18.7 Å². The van der Waals surface area contributed by atoms with Crippen LogP contribution < -0.4 is 15.0 Å². The van der Waals surface area contributed by atoms with Crippen LogP contribution in [0.4, 0.5) is 11.4 Å². The van der Waals surface area contributed by atoms with E-state index in [0.29, 0.717) is 16.8 Å². The highest BCUT2D eigenvalue weighted by Crippen LogP contribution is 2.42. The smallest absolute Gasteiger partial charge is 0.262 e. The molecule has 3 N–H and O–H groups in total. The number of carbonyl (C=O) groups excluding carboxylic acids is 1. The highest BCUT2D eigenvalue weighted by molar-refractivity contribution is 6.12. The second-order valence-electron chi connectivity index (χ2n) is 6.88. The van der Waals surface area contributed by atoms with Crippen molar-refractivity contribution in [1.82, 2.24) is 0 Å². The highest BCUT2D eigenvalue weighted by Gasteiger charge is 2.34. The molecule has 148 valence electrons. The molecule has 29 heavy (non-hydrogen) atoms. The molecule has 0 saturated carbocycles. The van der Waals surface area contributed by atoms with E-state index in [-0.39, 0.29) is 23.2 Å². The number of nitrogens with one attached hydrogen (secondary N) is 1. The summed E-state index contributed by atoms with van der Waals surface area (Å²) in [6, 6.07) is 18.2. The molecule has 0 spiro atoms. The first-order chi connectivity index (χ1) is 14.0. The van der Waals surface area contributed by atoms with Gasteiger partial charge in [0.05, 0.1) is 12.7 Å². The molecule has 0 saturated heterocycles. The predicted molar refractivity (Wildman–Crippen MR) is 112 cm³/mol. The van der Waals surface area contributed by atoms with Crippen LogP contribution in [0.15, 0.2) is 60.7 Å². The summed E-state index contributed by atoms with van der Waals surface area (Å²) in [5, 5.41) is 23.5. The first-order valence-corrected chi connectivity index (χ1v) is 9.41. The fourth-order valence-corrected chi connectivity index (χ4v) is 3.57. The molecule has 0 fully saturated rings. The second-order valence-corrected chi connectivity index (χ2v) is 6.88. The van der Waals surface area contributed by atoms with Crippen LogP contribution in [0.5, 0.6) is 17.2 Å². The standard InChI is InChI=1S/C23H22N2O4/c1-3-14-8-10-16(11-9-14)25-22(15-12-19(26)21(27)20(13-15)29-2)24-18-7-5-4-6-17(18)23(25)28/h4-13,22,24,26-27H,3H2,1-2H3/t22-/m1/s1. The Kier molecular flexibility index (Phi) is 4.76. The molecule has 4 rings (SSSR count). The van der Waals surface area contributed by atoms with Gasteiger partial charge < -0.3 is 20.3 Å². The van der Waals surface area contributed by atoms with E-state index in [4.69, 9.17) is 4.74 Å². The fraction of sp³-hybridized carbons (Fsp3) is 0.174. The van der Waals surface area contributed by atoms with Crippen LogP contribution in [0.25, 0.3) is 0 Å². The van der Waals surface area contributed by atoms with Gasteiger partial charge >= 0.3 is 0 Å². The van der Waals surface area contributed by atoms with Gasteiger partial charge in [-0.2, -0.15) is 0 Å². The van der Waals surface area contributed by atoms with Crippen LogP contribution in [-0.2, 0) is 6.42 Å². The van der Waals surface area contributed by atoms with Gasteiger partial charge in [-0.15, -0.1) is 0 Å². The summed E-state index contributed by atoms with van der Waals surface area (Å²) < 4.78 is 5.18. The van der Waals surface area contributed by atoms with Gasteiger partial charge in [-0.1, -0.05) is 31.2 Å². The third kappa shape index (κ3) is 3.23. The van der Waals surface area contributed by atoms with Gasteiger partial charge in [0.1, 0.15) is 6.17 Å². The summed E-state index contributed by atoms with van der Waals surface area (Å²) in [7, 11) is 1.41. The molecular formula is C23H22N2O4. The maximum absolute atomic E-state index is 13.4. The Balaban J connectivity index is 1.87. The van der Waals surface area contributed by atoms with E-state index in [0.717, 1.165) is 12.1 Å². The van der Waals surface area contributed by atoms with E-state index in [1.54, 1.807) is 17.0 Å². The summed E-state index contributed by atoms with van der Waals surface area (Å²) in [6.07, 6.45) is 0.312. The summed E-state index contributed by atoms with van der Waals surface area (Å²) in [4.78, 5) is 15.1. The Morgan fingerprint density at radius 2 is 1.79 bits per heavy atom. The molecule has 1 aliphatic rings. The normalized spacial score (nSPS) is 15.6. The summed E-state index contributed by atoms with van der Waals surface area (Å²) in [5.74, 6) is -0.666. The van der Waals surface area contributed by atoms with Crippen molar-refractivity contribution in [1.29, 1.82) is 0 Å². The Hall–Kier alpha value is -3.67. The third-order valence-corrected chi connectivity index (χ3v) is 5.16. The van der Waals surface area contributed by atoms with Crippen LogP contribution in [0.2, 0.25) is 0 Å². The Bertz CT molecular complexity index is 1060. The molecule has 6 heteroatoms. The molecule has 0 radical (unpaired) electrons. The largest absolute Gasteiger partial charge is 0.504 e. The van der Waals surface area contributed by atoms with Gasteiger partial charge in [-0.25, -0.2) is 0 Å². The van der Waals surface area contributed by atoms with Gasteiger partial charge in [-0.05, 0) is 48.4 Å². The number of fused-ring (bicyclic) bond motifs is 1. The summed E-state index contributed by atoms with van der Waals surface area (Å²) >= 11 is 0. The van der Waals surface area contributed by atoms with Crippen LogP contribution in [0.1, 0.15) is 34.6 Å². The van der Waals surface area contributed by atoms with Gasteiger partial charge in [0.25, 0.3) is 5.91 Å². The van der Waals surface area contributed by atoms with Gasteiger partial charge in [0.2, 0.25) is 5.75 Å². The van der Waals surface area contributed by atoms with E-state index >= 15 is 0 Å². The lowest BCUT2D eigenvalue weighted by Gasteiger charge is -2.38. The molecule has 1 amide bonds. The lowest BCUT2D eigenvalue weighted by atomic mass is 10.0. The number of phenols is 2. The molecule has 0 unspecified atom stereocenters. The number of amides is 1. The minimum Gasteiger partial charge on any atom is -0.504 e. The third-order valence-electron chi connectivity index (χ3n) is 5.16. The van der Waals surface area contributed by atoms with Crippen molar-refractivity contribution in [2.24, 2.45) is 0 Å². The number of carbonyl (C=O) groups is 1. The lowest BCUT2D eigenvalue weighted by molar-refractivity contribution is 0.0974. The Labute approximate surface area is 169 Å². The minimum atomic E-state index is -0.592. The van der Waals surface area contributed by atoms with Gasteiger partial charge in [0.15, 0.2) is 11.5 Å². The molecule has 6 nitrogen and oxygen atoms in total. The SMILES string of the molecule is CCc1ccc(N2C(=O)c3ccccc3N[C@H]2c2cc(O)c(O)c(OC)c2)cc1. The van der Waals surface area contributed by atoms with E-state index in [2.05, 4.69) is 12.2 Å². The van der Waals surface area contributed by atoms with Crippen LogP contribution >= 0.6 is 0 Å². The average Bonchev–Trinajstić information content (AvgIpc) is 2.75. The first-order valence-electron chi connectivity index (χ1n) is 9.41. The number of phenolic OH excluding ortho intramolecular Hbond substituents is 2. The maximum Gasteiger partial charge on any atom is 0.262 e. The minimum absolute atomic E-state index is 0.134. The zero-order chi connectivity index (χ0) is 20.5. The topological polar surface area (TPSA) is 82.0 Å². The highest BCUT2D eigenvalue weighted by atomic mass is 16.5. The van der Waals surface area contributed by atoms with Gasteiger partial charge in [0, 0.05) is 16.9 Å². The number of para-hydroxylation sites is 1. The first kappa shape index (κ1) is 18.7. The predicted octanol–water partition coefficient (Wildman–Crippen LogP) is 4.44. The maximum atomic E-state index is 13.4. The van der Waals surface area contributed by atoms with Crippen molar-refractivity contribution in [3.05, 3.63) is 77.4 Å². The Morgan fingerprint density at radius 3 is 2.48 bits per heavy atom. The summed E-state index contributed by atoms with van der Waals surface area (Å²) in [6.45, 7) is 2.08. The number of hydrogen-bond acceptors (Lipinski definition) is 5. The molecular weight excluding hydrogens is 368 g/mol. The molecule has 1 aliphatic heterocycles. The number of hydrogen-bond donors (Lipinski definition) is 3. The number of rotatable bonds is 4. The van der Waals surface area contributed by atoms with Crippen molar-refractivity contribution >= 4 is 17.3 Å². The van der Waals surface area contributed by atoms with Gasteiger partial charge in [-0.3, -0.25) is 9.69 Å². The molecule has 3 aromatic rings. The average molecular weight is 390 g/mol. The van der Waals surface area contributed by atoms with E-state index in [9.17, 15) is 15.0 Å². The lowest BCUT2D eigenvalue weighted by Crippen LogP contribution is -2.43. The molecule has 0 aliphatic carbocycles. The van der Waals surface area contributed by atoms with Crippen molar-refractivity contribution in [2.75, 3.05) is 17.3 Å². The number of ether oxygens (including phenoxy) is 1. The van der Waals surface area contributed by atoms with Crippen LogP contribution in [0, 0.1) is 0 Å². The van der Waals surface area contributed by atoms with E-state index < -0.39 is 6.17 Å². The van der Waals surface area contributed by atoms with Crippen molar-refractivity contribution in [2.45, 2.75) is 19.5 Å². The molecule has 3 aromatic carbocycles. The summed E-state index contributed by atoms with van der Waals surface area (Å²) in [5.41, 5.74) is 3.76. The zero-order valence-corrected chi connectivity index (χ0v) is 16.2. The zero-order valence-electron chi connectivity index (χ0n) is 16.2. The van der Waals surface area contributed by atoms with Crippen molar-refractivity contribution < 1.29 is 19.7 Å². The number of nitrogens with zero attached hydrogens (tertiary/aromatic N) is 1. The fourth-order valence-electron chi connectivity index (χ4n) is 3.57. The monoisotopic (exact) mass is 390 g/mol. The number of anilines is 2. The number of aryl methyl sites for hydroxylation is 1.